The minimum atomic E-state index is -0.335. The van der Waals surface area contributed by atoms with Gasteiger partial charge in [-0.1, -0.05) is 12.1 Å². The van der Waals surface area contributed by atoms with E-state index in [9.17, 15) is 4.79 Å². The van der Waals surface area contributed by atoms with Gasteiger partial charge in [-0.25, -0.2) is 4.98 Å². The number of hydrogen-bond donors (Lipinski definition) is 2. The molecular weight excluding hydrogens is 246 g/mol. The highest BCUT2D eigenvalue weighted by atomic mass is 16.5. The summed E-state index contributed by atoms with van der Waals surface area (Å²) < 4.78 is 4.81. The van der Waals surface area contributed by atoms with Gasteiger partial charge in [0.15, 0.2) is 5.82 Å². The number of hydrogen-bond acceptors (Lipinski definition) is 6. The summed E-state index contributed by atoms with van der Waals surface area (Å²) in [6, 6.07) is 3.52. The Morgan fingerprint density at radius 2 is 2.26 bits per heavy atom. The first-order chi connectivity index (χ1) is 9.19. The Bertz CT molecular complexity index is 550. The summed E-state index contributed by atoms with van der Waals surface area (Å²) >= 11 is 0. The average Bonchev–Trinajstić information content (AvgIpc) is 2.82. The summed E-state index contributed by atoms with van der Waals surface area (Å²) in [6.07, 6.45) is 2.51. The SMILES string of the molecule is CCCNc1ccc(C(=O)Nc2nc(C)no2)cn1. The molecule has 0 radical (unpaired) electrons. The number of aromatic nitrogens is 3. The Morgan fingerprint density at radius 3 is 2.84 bits per heavy atom. The maximum Gasteiger partial charge on any atom is 0.328 e. The van der Waals surface area contributed by atoms with E-state index in [2.05, 4.69) is 32.7 Å². The van der Waals surface area contributed by atoms with Crippen LogP contribution in [0.1, 0.15) is 29.5 Å². The van der Waals surface area contributed by atoms with Crippen LogP contribution in [0.4, 0.5) is 11.8 Å². The number of aryl methyl sites for hydroxylation is 1. The number of rotatable bonds is 5. The lowest BCUT2D eigenvalue weighted by molar-refractivity contribution is 0.102. The van der Waals surface area contributed by atoms with Gasteiger partial charge in [0.1, 0.15) is 5.82 Å². The summed E-state index contributed by atoms with van der Waals surface area (Å²) in [5.41, 5.74) is 0.429. The second-order valence-corrected chi connectivity index (χ2v) is 3.96. The van der Waals surface area contributed by atoms with Gasteiger partial charge in [0.25, 0.3) is 5.91 Å². The quantitative estimate of drug-likeness (QED) is 0.853. The highest BCUT2D eigenvalue weighted by molar-refractivity contribution is 6.02. The molecule has 0 spiro atoms. The first-order valence-electron chi connectivity index (χ1n) is 6.00. The van der Waals surface area contributed by atoms with E-state index >= 15 is 0 Å². The van der Waals surface area contributed by atoms with Crippen molar-refractivity contribution in [2.75, 3.05) is 17.2 Å². The fraction of sp³-hybridized carbons (Fsp3) is 0.333. The van der Waals surface area contributed by atoms with Crippen molar-refractivity contribution in [2.24, 2.45) is 0 Å². The van der Waals surface area contributed by atoms with Crippen molar-refractivity contribution < 1.29 is 9.32 Å². The zero-order chi connectivity index (χ0) is 13.7. The third-order valence-electron chi connectivity index (χ3n) is 2.33. The fourth-order valence-electron chi connectivity index (χ4n) is 1.40. The molecule has 0 bridgehead atoms. The van der Waals surface area contributed by atoms with E-state index in [0.717, 1.165) is 18.8 Å². The minimum absolute atomic E-state index is 0.0793. The van der Waals surface area contributed by atoms with Crippen molar-refractivity contribution in [3.8, 4) is 0 Å². The molecule has 2 rings (SSSR count). The summed E-state index contributed by atoms with van der Waals surface area (Å²) in [7, 11) is 0. The first-order valence-corrected chi connectivity index (χ1v) is 6.00. The van der Waals surface area contributed by atoms with Gasteiger partial charge < -0.3 is 9.84 Å². The van der Waals surface area contributed by atoms with Crippen LogP contribution in [-0.4, -0.2) is 27.6 Å². The second-order valence-electron chi connectivity index (χ2n) is 3.96. The minimum Gasteiger partial charge on any atom is -0.370 e. The molecule has 2 aromatic heterocycles. The van der Waals surface area contributed by atoms with Crippen LogP contribution in [-0.2, 0) is 0 Å². The van der Waals surface area contributed by atoms with Crippen LogP contribution in [0.25, 0.3) is 0 Å². The van der Waals surface area contributed by atoms with E-state index in [-0.39, 0.29) is 11.9 Å². The Morgan fingerprint density at radius 1 is 1.42 bits per heavy atom. The number of carbonyl (C=O) groups excluding carboxylic acids is 1. The monoisotopic (exact) mass is 261 g/mol. The third kappa shape index (κ3) is 3.51. The summed E-state index contributed by atoms with van der Waals surface area (Å²) in [5.74, 6) is 0.873. The lowest BCUT2D eigenvalue weighted by Gasteiger charge is -2.04. The zero-order valence-electron chi connectivity index (χ0n) is 10.8. The highest BCUT2D eigenvalue weighted by Crippen LogP contribution is 2.08. The Balaban J connectivity index is 1.99. The molecule has 2 heterocycles. The molecule has 0 saturated carbocycles. The van der Waals surface area contributed by atoms with Gasteiger partial charge in [-0.05, 0) is 25.5 Å². The largest absolute Gasteiger partial charge is 0.370 e. The molecule has 0 aliphatic heterocycles. The van der Waals surface area contributed by atoms with Crippen molar-refractivity contribution in [1.29, 1.82) is 0 Å². The lowest BCUT2D eigenvalue weighted by Crippen LogP contribution is -2.13. The number of anilines is 2. The molecule has 7 heteroatoms. The second kappa shape index (κ2) is 5.94. The maximum absolute atomic E-state index is 11.8. The van der Waals surface area contributed by atoms with Gasteiger partial charge >= 0.3 is 6.01 Å². The van der Waals surface area contributed by atoms with E-state index < -0.39 is 0 Å². The third-order valence-corrected chi connectivity index (χ3v) is 2.33. The molecule has 100 valence electrons. The lowest BCUT2D eigenvalue weighted by atomic mass is 10.2. The van der Waals surface area contributed by atoms with Crippen molar-refractivity contribution in [1.82, 2.24) is 15.1 Å². The predicted molar refractivity (Wildman–Crippen MR) is 70.0 cm³/mol. The van der Waals surface area contributed by atoms with E-state index in [1.807, 2.05) is 0 Å². The zero-order valence-corrected chi connectivity index (χ0v) is 10.8. The van der Waals surface area contributed by atoms with Crippen LogP contribution in [0, 0.1) is 6.92 Å². The van der Waals surface area contributed by atoms with Crippen LogP contribution in [0.5, 0.6) is 0 Å². The van der Waals surface area contributed by atoms with Gasteiger partial charge in [0.2, 0.25) is 0 Å². The predicted octanol–water partition coefficient (Wildman–Crippen LogP) is 1.85. The van der Waals surface area contributed by atoms with Crippen LogP contribution >= 0.6 is 0 Å². The van der Waals surface area contributed by atoms with E-state index in [0.29, 0.717) is 11.4 Å². The molecule has 0 aromatic carbocycles. The van der Waals surface area contributed by atoms with Crippen LogP contribution in [0.3, 0.4) is 0 Å². The Labute approximate surface area is 110 Å². The van der Waals surface area contributed by atoms with Gasteiger partial charge in [0, 0.05) is 12.7 Å². The number of nitrogens with zero attached hydrogens (tertiary/aromatic N) is 3. The molecule has 0 fully saturated rings. The normalized spacial score (nSPS) is 10.2. The van der Waals surface area contributed by atoms with E-state index in [1.165, 1.54) is 6.20 Å². The van der Waals surface area contributed by atoms with Crippen LogP contribution < -0.4 is 10.6 Å². The molecule has 7 nitrogen and oxygen atoms in total. The van der Waals surface area contributed by atoms with Crippen molar-refractivity contribution in [2.45, 2.75) is 20.3 Å². The number of pyridine rings is 1. The summed E-state index contributed by atoms with van der Waals surface area (Å²) in [6.45, 7) is 4.59. The molecule has 19 heavy (non-hydrogen) atoms. The molecule has 2 N–H and O–H groups in total. The summed E-state index contributed by atoms with van der Waals surface area (Å²) in [4.78, 5) is 19.9. The average molecular weight is 261 g/mol. The van der Waals surface area contributed by atoms with Crippen molar-refractivity contribution in [3.63, 3.8) is 0 Å². The smallest absolute Gasteiger partial charge is 0.328 e. The van der Waals surface area contributed by atoms with E-state index in [4.69, 9.17) is 4.52 Å². The molecule has 0 unspecified atom stereocenters. The van der Waals surface area contributed by atoms with Gasteiger partial charge in [-0.2, -0.15) is 4.98 Å². The van der Waals surface area contributed by atoms with E-state index in [1.54, 1.807) is 19.1 Å². The summed E-state index contributed by atoms with van der Waals surface area (Å²) in [5, 5.41) is 9.22. The van der Waals surface area contributed by atoms with Crippen molar-refractivity contribution >= 4 is 17.7 Å². The topological polar surface area (TPSA) is 92.9 Å². The number of carbonyl (C=O) groups is 1. The highest BCUT2D eigenvalue weighted by Gasteiger charge is 2.10. The van der Waals surface area contributed by atoms with Gasteiger partial charge in [-0.3, -0.25) is 10.1 Å². The van der Waals surface area contributed by atoms with Gasteiger partial charge in [-0.15, -0.1) is 0 Å². The molecule has 0 atom stereocenters. The molecule has 0 aliphatic rings. The van der Waals surface area contributed by atoms with Crippen molar-refractivity contribution in [3.05, 3.63) is 29.7 Å². The molecule has 2 aromatic rings. The van der Waals surface area contributed by atoms with Crippen LogP contribution in [0.2, 0.25) is 0 Å². The van der Waals surface area contributed by atoms with Gasteiger partial charge in [0.05, 0.1) is 5.56 Å². The molecule has 0 saturated heterocycles. The Kier molecular flexibility index (Phi) is 4.07. The molecule has 0 aliphatic carbocycles. The van der Waals surface area contributed by atoms with Crippen LogP contribution in [0.15, 0.2) is 22.9 Å². The standard InChI is InChI=1S/C12H15N5O2/c1-3-6-13-10-5-4-9(7-14-10)11(18)16-12-15-8(2)17-19-12/h4-5,7H,3,6H2,1-2H3,(H,13,14)(H,15,16,17,18). The Hall–Kier alpha value is -2.44. The number of amides is 1. The number of nitrogens with one attached hydrogen (secondary N) is 2. The molecular formula is C12H15N5O2. The fourth-order valence-corrected chi connectivity index (χ4v) is 1.40. The molecule has 1 amide bonds. The first kappa shape index (κ1) is 13.0. The maximum atomic E-state index is 11.8.